The molecule has 0 radical (unpaired) electrons. The maximum atomic E-state index is 9.83. The molecular weight excluding hydrogens is 517 g/mol. The van der Waals surface area contributed by atoms with Crippen LogP contribution in [0, 0.1) is 23.7 Å². The maximum absolute atomic E-state index is 9.83. The first kappa shape index (κ1) is 43.7. The van der Waals surface area contributed by atoms with E-state index in [4.69, 9.17) is 8.85 Å². The fourth-order valence-corrected chi connectivity index (χ4v) is 15.2. The molecule has 0 aromatic rings. The fourth-order valence-electron chi connectivity index (χ4n) is 5.99. The quantitative estimate of drug-likeness (QED) is 0.179. The molecule has 0 aliphatic rings. The van der Waals surface area contributed by atoms with E-state index in [1.54, 1.807) is 0 Å². The van der Waals surface area contributed by atoms with Crippen LogP contribution >= 0.6 is 0 Å². The number of hydrogen-bond acceptors (Lipinski definition) is 4. The van der Waals surface area contributed by atoms with Crippen LogP contribution in [-0.2, 0) is 8.85 Å². The van der Waals surface area contributed by atoms with E-state index < -0.39 is 33.3 Å². The first-order chi connectivity index (χ1) is 15.1. The van der Waals surface area contributed by atoms with E-state index in [0.717, 1.165) is 43.6 Å². The zero-order valence-corrected chi connectivity index (χ0v) is 30.2. The molecule has 0 heterocycles. The summed E-state index contributed by atoms with van der Waals surface area (Å²) in [6.45, 7) is 32.5. The molecule has 9 heteroatoms. The largest absolute Gasteiger partial charge is 0.432 e. The molecule has 0 fully saturated rings. The van der Waals surface area contributed by atoms with Crippen molar-refractivity contribution in [3.05, 3.63) is 0 Å². The molecule has 4 unspecified atom stereocenters. The highest BCUT2D eigenvalue weighted by molar-refractivity contribution is 6.71. The van der Waals surface area contributed by atoms with Crippen LogP contribution in [0.1, 0.15) is 61.8 Å². The van der Waals surface area contributed by atoms with Crippen LogP contribution in [0.25, 0.3) is 0 Å². The zero-order valence-electron chi connectivity index (χ0n) is 26.2. The van der Waals surface area contributed by atoms with E-state index in [0.29, 0.717) is 11.8 Å². The Kier molecular flexibility index (Phi) is 23.9. The first-order valence-corrected chi connectivity index (χ1v) is 26.4. The van der Waals surface area contributed by atoms with Gasteiger partial charge in [-0.05, 0) is 127 Å². The summed E-state index contributed by atoms with van der Waals surface area (Å²) in [6, 6.07) is 4.51. The lowest BCUT2D eigenvalue weighted by Crippen LogP contribution is -2.34. The lowest BCUT2D eigenvalue weighted by atomic mass is 10.0. The summed E-state index contributed by atoms with van der Waals surface area (Å²) in [5, 5.41) is 0. The molecule has 0 bridgehead atoms. The summed E-state index contributed by atoms with van der Waals surface area (Å²) in [5.74, 6) is 2.72. The smallest absolute Gasteiger partial charge is 0.186 e. The maximum Gasteiger partial charge on any atom is 0.186 e. The van der Waals surface area contributed by atoms with Gasteiger partial charge >= 0.3 is 0 Å². The highest BCUT2D eigenvalue weighted by Gasteiger charge is 2.29. The second-order valence-corrected chi connectivity index (χ2v) is 30.2. The standard InChI is InChI=1S/C15H36O2Si2.C11H28O2Si2.CH4.H2O/c1-9-16-18(5,6)12-14(3)11-15(4)13-19(7,8)17-10-2;1-10(8-14(3,4)12)7-11(2)9-15(5,6)13;;/h14-15H,9-13H2,1-8H3;10-13H,7-9H2,1-6H3;1H4;1H2. The predicted molar refractivity (Wildman–Crippen MR) is 173 cm³/mol. The van der Waals surface area contributed by atoms with Gasteiger partial charge in [-0.2, -0.15) is 0 Å². The molecule has 0 aliphatic carbocycles. The minimum Gasteiger partial charge on any atom is -0.432 e. The van der Waals surface area contributed by atoms with Gasteiger partial charge in [-0.25, -0.2) is 0 Å². The lowest BCUT2D eigenvalue weighted by Gasteiger charge is -2.29. The molecule has 4 atom stereocenters. The molecule has 0 aromatic carbocycles. The Bertz CT molecular complexity index is 475. The molecular formula is C27H70O5Si4. The second kappa shape index (κ2) is 19.7. The van der Waals surface area contributed by atoms with E-state index in [2.05, 4.69) is 67.7 Å². The fraction of sp³-hybridized carbons (Fsp3) is 1.00. The normalized spacial score (nSPS) is 16.0. The Morgan fingerprint density at radius 2 is 0.750 bits per heavy atom. The summed E-state index contributed by atoms with van der Waals surface area (Å²) in [7, 11) is -6.65. The Morgan fingerprint density at radius 3 is 0.944 bits per heavy atom. The Hall–Kier alpha value is 0.668. The van der Waals surface area contributed by atoms with Gasteiger partial charge in [0.2, 0.25) is 0 Å². The van der Waals surface area contributed by atoms with E-state index in [1.165, 1.54) is 18.5 Å². The average molecular weight is 587 g/mol. The van der Waals surface area contributed by atoms with Gasteiger partial charge < -0.3 is 23.9 Å². The summed E-state index contributed by atoms with van der Waals surface area (Å²) >= 11 is 0. The van der Waals surface area contributed by atoms with Crippen LogP contribution in [0.3, 0.4) is 0 Å². The Labute approximate surface area is 232 Å². The van der Waals surface area contributed by atoms with Crippen LogP contribution in [-0.4, -0.2) is 61.6 Å². The zero-order chi connectivity index (χ0) is 27.4. The first-order valence-electron chi connectivity index (χ1n) is 13.8. The van der Waals surface area contributed by atoms with Gasteiger partial charge in [0.1, 0.15) is 0 Å². The van der Waals surface area contributed by atoms with Crippen molar-refractivity contribution in [2.24, 2.45) is 23.7 Å². The van der Waals surface area contributed by atoms with Crippen molar-refractivity contribution in [3.8, 4) is 0 Å². The number of rotatable bonds is 16. The topological polar surface area (TPSA) is 90.4 Å². The van der Waals surface area contributed by atoms with Crippen molar-refractivity contribution in [1.82, 2.24) is 0 Å². The molecule has 0 saturated heterocycles. The molecule has 0 aromatic heterocycles. The van der Waals surface area contributed by atoms with Gasteiger partial charge in [0.05, 0.1) is 0 Å². The van der Waals surface area contributed by atoms with Gasteiger partial charge in [0, 0.05) is 13.2 Å². The van der Waals surface area contributed by atoms with Crippen molar-refractivity contribution < 1.29 is 23.9 Å². The minimum absolute atomic E-state index is 0. The molecule has 0 spiro atoms. The molecule has 0 rings (SSSR count). The third-order valence-corrected chi connectivity index (χ3v) is 14.9. The molecule has 0 aliphatic heterocycles. The SMILES string of the molecule is C.CC(CC(C)C[Si](C)(C)O)C[Si](C)(C)O.CCO[Si](C)(C)CC(C)CC(C)C[Si](C)(C)OCC.O. The van der Waals surface area contributed by atoms with Crippen LogP contribution in [0.5, 0.6) is 0 Å². The molecule has 0 saturated carbocycles. The molecule has 5 nitrogen and oxygen atoms in total. The van der Waals surface area contributed by atoms with Gasteiger partial charge in [0.25, 0.3) is 0 Å². The van der Waals surface area contributed by atoms with Crippen molar-refractivity contribution in [2.45, 2.75) is 138 Å². The van der Waals surface area contributed by atoms with Gasteiger partial charge in [-0.3, -0.25) is 0 Å². The number of hydrogen-bond donors (Lipinski definition) is 2. The third-order valence-electron chi connectivity index (χ3n) is 6.06. The summed E-state index contributed by atoms with van der Waals surface area (Å²) in [6.07, 6.45) is 2.45. The molecule has 36 heavy (non-hydrogen) atoms. The summed E-state index contributed by atoms with van der Waals surface area (Å²) < 4.78 is 11.9. The molecule has 4 N–H and O–H groups in total. The highest BCUT2D eigenvalue weighted by Crippen LogP contribution is 2.29. The van der Waals surface area contributed by atoms with Gasteiger partial charge in [-0.1, -0.05) is 35.1 Å². The van der Waals surface area contributed by atoms with Crippen molar-refractivity contribution >= 4 is 33.3 Å². The van der Waals surface area contributed by atoms with Crippen LogP contribution in [0.4, 0.5) is 0 Å². The van der Waals surface area contributed by atoms with E-state index in [9.17, 15) is 9.59 Å². The molecule has 224 valence electrons. The van der Waals surface area contributed by atoms with E-state index in [-0.39, 0.29) is 12.9 Å². The van der Waals surface area contributed by atoms with Crippen LogP contribution in [0.2, 0.25) is 76.6 Å². The Morgan fingerprint density at radius 1 is 0.528 bits per heavy atom. The van der Waals surface area contributed by atoms with E-state index >= 15 is 0 Å². The minimum atomic E-state index is -1.90. The van der Waals surface area contributed by atoms with Crippen LogP contribution in [0.15, 0.2) is 0 Å². The van der Waals surface area contributed by atoms with Gasteiger partial charge in [0.15, 0.2) is 33.3 Å². The third kappa shape index (κ3) is 29.2. The Balaban J connectivity index is -0.000000276. The predicted octanol–water partition coefficient (Wildman–Crippen LogP) is 7.99. The second-order valence-electron chi connectivity index (χ2n) is 13.7. The van der Waals surface area contributed by atoms with Crippen molar-refractivity contribution in [1.29, 1.82) is 0 Å². The van der Waals surface area contributed by atoms with E-state index in [1.807, 2.05) is 26.2 Å². The monoisotopic (exact) mass is 586 g/mol. The summed E-state index contributed by atoms with van der Waals surface area (Å²) in [4.78, 5) is 19.7. The lowest BCUT2D eigenvalue weighted by molar-refractivity contribution is 0.311. The van der Waals surface area contributed by atoms with Gasteiger partial charge in [-0.15, -0.1) is 0 Å². The van der Waals surface area contributed by atoms with Crippen molar-refractivity contribution in [2.75, 3.05) is 13.2 Å². The van der Waals surface area contributed by atoms with Crippen LogP contribution < -0.4 is 0 Å². The summed E-state index contributed by atoms with van der Waals surface area (Å²) in [5.41, 5.74) is 0. The van der Waals surface area contributed by atoms with Crippen molar-refractivity contribution in [3.63, 3.8) is 0 Å². The average Bonchev–Trinajstić information content (AvgIpc) is 2.48. The highest BCUT2D eigenvalue weighted by atomic mass is 28.4. The molecule has 0 amide bonds.